The van der Waals surface area contributed by atoms with Gasteiger partial charge in [-0.25, -0.2) is 0 Å². The molecule has 0 saturated carbocycles. The number of likely N-dealkylation sites (tertiary alicyclic amines) is 1. The molecule has 1 saturated heterocycles. The lowest BCUT2D eigenvalue weighted by Gasteiger charge is -2.31. The van der Waals surface area contributed by atoms with Gasteiger partial charge in [-0.1, -0.05) is 24.3 Å². The van der Waals surface area contributed by atoms with Crippen LogP contribution < -0.4 is 0 Å². The Balaban J connectivity index is 1.63. The third-order valence-electron chi connectivity index (χ3n) is 4.83. The monoisotopic (exact) mass is 384 g/mol. The smallest absolute Gasteiger partial charge is 0.265 e. The van der Waals surface area contributed by atoms with Crippen LogP contribution in [0.2, 0.25) is 0 Å². The first-order chi connectivity index (χ1) is 12.9. The molecular weight excluding hydrogens is 364 g/mol. The van der Waals surface area contributed by atoms with Crippen LogP contribution in [0.15, 0.2) is 48.5 Å². The quantitative estimate of drug-likeness (QED) is 0.817. The summed E-state index contributed by atoms with van der Waals surface area (Å²) in [6.45, 7) is 0.965. The minimum Gasteiger partial charge on any atom is -0.339 e. The van der Waals surface area contributed by atoms with Crippen LogP contribution in [0, 0.1) is 17.2 Å². The summed E-state index contributed by atoms with van der Waals surface area (Å²) in [4.78, 5) is 14.4. The molecule has 6 nitrogen and oxygen atoms in total. The maximum absolute atomic E-state index is 12.6. The highest BCUT2D eigenvalue weighted by molar-refractivity contribution is 7.85. The fraction of sp³-hybridized carbons (Fsp3) is 0.300. The number of nitriles is 1. The summed E-state index contributed by atoms with van der Waals surface area (Å²) in [5, 5.41) is 8.86. The Kier molecular flexibility index (Phi) is 5.59. The molecule has 27 heavy (non-hydrogen) atoms. The van der Waals surface area contributed by atoms with E-state index in [1.807, 2.05) is 24.3 Å². The van der Waals surface area contributed by atoms with Gasteiger partial charge in [-0.2, -0.15) is 13.7 Å². The van der Waals surface area contributed by atoms with Crippen molar-refractivity contribution in [2.75, 3.05) is 18.8 Å². The van der Waals surface area contributed by atoms with Crippen molar-refractivity contribution in [3.05, 3.63) is 59.7 Å². The average molecular weight is 384 g/mol. The number of hydrogen-bond donors (Lipinski definition) is 1. The van der Waals surface area contributed by atoms with Crippen molar-refractivity contribution in [1.29, 1.82) is 5.26 Å². The fourth-order valence-corrected chi connectivity index (χ4v) is 4.25. The molecule has 0 aromatic heterocycles. The minimum atomic E-state index is -3.97. The van der Waals surface area contributed by atoms with Gasteiger partial charge in [0.25, 0.3) is 16.0 Å². The molecule has 2 aromatic rings. The van der Waals surface area contributed by atoms with E-state index in [-0.39, 0.29) is 17.6 Å². The van der Waals surface area contributed by atoms with E-state index in [9.17, 15) is 13.2 Å². The third-order valence-corrected chi connectivity index (χ3v) is 5.72. The van der Waals surface area contributed by atoms with Crippen LogP contribution in [0.5, 0.6) is 0 Å². The fourth-order valence-electron chi connectivity index (χ4n) is 3.33. The minimum absolute atomic E-state index is 0.0771. The number of carbonyl (C=O) groups is 1. The van der Waals surface area contributed by atoms with Crippen LogP contribution in [0.1, 0.15) is 28.8 Å². The number of piperidine rings is 1. The van der Waals surface area contributed by atoms with E-state index in [2.05, 4.69) is 6.07 Å². The summed E-state index contributed by atoms with van der Waals surface area (Å²) < 4.78 is 30.9. The highest BCUT2D eigenvalue weighted by Crippen LogP contribution is 2.23. The van der Waals surface area contributed by atoms with Crippen LogP contribution in [0.3, 0.4) is 0 Å². The number of hydrogen-bond acceptors (Lipinski definition) is 4. The van der Waals surface area contributed by atoms with Gasteiger partial charge in [-0.15, -0.1) is 0 Å². The molecule has 1 aliphatic rings. The van der Waals surface area contributed by atoms with Gasteiger partial charge >= 0.3 is 0 Å². The molecule has 0 aliphatic carbocycles. The van der Waals surface area contributed by atoms with Crippen molar-refractivity contribution >= 4 is 16.0 Å². The second-order valence-electron chi connectivity index (χ2n) is 6.75. The first-order valence-electron chi connectivity index (χ1n) is 8.71. The van der Waals surface area contributed by atoms with E-state index in [1.165, 1.54) is 0 Å². The Morgan fingerprint density at radius 3 is 2.04 bits per heavy atom. The van der Waals surface area contributed by atoms with Crippen molar-refractivity contribution < 1.29 is 17.8 Å². The lowest BCUT2D eigenvalue weighted by Crippen LogP contribution is -2.39. The normalized spacial score (nSPS) is 15.3. The van der Waals surface area contributed by atoms with Gasteiger partial charge in [-0.3, -0.25) is 9.35 Å². The molecular formula is C20H20N2O4S. The molecule has 2 aromatic carbocycles. The van der Waals surface area contributed by atoms with Gasteiger partial charge in [-0.05, 0) is 54.2 Å². The van der Waals surface area contributed by atoms with Gasteiger partial charge in [0.2, 0.25) is 0 Å². The van der Waals surface area contributed by atoms with E-state index in [0.29, 0.717) is 37.1 Å². The Morgan fingerprint density at radius 1 is 1.04 bits per heavy atom. The van der Waals surface area contributed by atoms with Gasteiger partial charge in [0.1, 0.15) is 0 Å². The van der Waals surface area contributed by atoms with Crippen LogP contribution in [0.4, 0.5) is 0 Å². The maximum Gasteiger partial charge on any atom is 0.265 e. The van der Waals surface area contributed by atoms with Crippen molar-refractivity contribution in [1.82, 2.24) is 4.90 Å². The molecule has 1 amide bonds. The van der Waals surface area contributed by atoms with Gasteiger partial charge < -0.3 is 4.90 Å². The van der Waals surface area contributed by atoms with Crippen molar-refractivity contribution in [2.45, 2.75) is 12.8 Å². The second-order valence-corrected chi connectivity index (χ2v) is 8.25. The molecule has 0 bridgehead atoms. The zero-order valence-electron chi connectivity index (χ0n) is 14.7. The van der Waals surface area contributed by atoms with Gasteiger partial charge in [0, 0.05) is 18.7 Å². The Bertz CT molecular complexity index is 953. The van der Waals surface area contributed by atoms with Crippen molar-refractivity contribution in [3.8, 4) is 17.2 Å². The van der Waals surface area contributed by atoms with Crippen molar-refractivity contribution in [3.63, 3.8) is 0 Å². The SMILES string of the molecule is N#Cc1ccc(-c2ccc(C(=O)N3CCC(CS(=O)(=O)O)CC3)cc2)cc1. The molecule has 1 N–H and O–H groups in total. The van der Waals surface area contributed by atoms with E-state index in [1.54, 1.807) is 29.2 Å². The molecule has 140 valence electrons. The molecule has 1 fully saturated rings. The summed E-state index contributed by atoms with van der Waals surface area (Å²) in [7, 11) is -3.97. The molecule has 7 heteroatoms. The summed E-state index contributed by atoms with van der Waals surface area (Å²) >= 11 is 0. The van der Waals surface area contributed by atoms with E-state index >= 15 is 0 Å². The predicted octanol–water partition coefficient (Wildman–Crippen LogP) is 2.97. The molecule has 1 heterocycles. The van der Waals surface area contributed by atoms with Crippen molar-refractivity contribution in [2.24, 2.45) is 5.92 Å². The Hall–Kier alpha value is -2.69. The van der Waals surface area contributed by atoms with Gasteiger partial charge in [0.15, 0.2) is 0 Å². The number of carbonyl (C=O) groups excluding carboxylic acids is 1. The number of nitrogens with zero attached hydrogens (tertiary/aromatic N) is 2. The van der Waals surface area contributed by atoms with Crippen LogP contribution in [-0.2, 0) is 10.1 Å². The number of benzene rings is 2. The highest BCUT2D eigenvalue weighted by Gasteiger charge is 2.26. The topological polar surface area (TPSA) is 98.5 Å². The Labute approximate surface area is 158 Å². The molecule has 0 unspecified atom stereocenters. The largest absolute Gasteiger partial charge is 0.339 e. The zero-order valence-corrected chi connectivity index (χ0v) is 15.5. The van der Waals surface area contributed by atoms with E-state index in [0.717, 1.165) is 11.1 Å². The Morgan fingerprint density at radius 2 is 1.56 bits per heavy atom. The van der Waals surface area contributed by atoms with Gasteiger partial charge in [0.05, 0.1) is 17.4 Å². The predicted molar refractivity (Wildman–Crippen MR) is 102 cm³/mol. The van der Waals surface area contributed by atoms with E-state index in [4.69, 9.17) is 9.81 Å². The second kappa shape index (κ2) is 7.91. The van der Waals surface area contributed by atoms with E-state index < -0.39 is 10.1 Å². The number of amides is 1. The molecule has 0 spiro atoms. The molecule has 1 aliphatic heterocycles. The lowest BCUT2D eigenvalue weighted by molar-refractivity contribution is 0.0698. The molecule has 0 atom stereocenters. The molecule has 3 rings (SSSR count). The first-order valence-corrected chi connectivity index (χ1v) is 10.3. The number of rotatable bonds is 4. The summed E-state index contributed by atoms with van der Waals surface area (Å²) in [6, 6.07) is 16.6. The zero-order chi connectivity index (χ0) is 19.4. The summed E-state index contributed by atoms with van der Waals surface area (Å²) in [5.74, 6) is -0.427. The average Bonchev–Trinajstić information content (AvgIpc) is 2.67. The summed E-state index contributed by atoms with van der Waals surface area (Å²) in [6.07, 6.45) is 1.13. The van der Waals surface area contributed by atoms with Crippen LogP contribution in [-0.4, -0.2) is 42.6 Å². The lowest BCUT2D eigenvalue weighted by atomic mass is 9.98. The standard InChI is InChI=1S/C20H20N2O4S/c21-13-15-1-3-17(4-2-15)18-5-7-19(8-6-18)20(23)22-11-9-16(10-12-22)14-27(24,25)26/h1-8,16H,9-12,14H2,(H,24,25,26). The maximum atomic E-state index is 12.6. The molecule has 0 radical (unpaired) electrons. The first kappa shape index (κ1) is 19.1. The summed E-state index contributed by atoms with van der Waals surface area (Å²) in [5.41, 5.74) is 3.12. The highest BCUT2D eigenvalue weighted by atomic mass is 32.2. The third kappa shape index (κ3) is 4.94. The van der Waals surface area contributed by atoms with Crippen LogP contribution >= 0.6 is 0 Å². The van der Waals surface area contributed by atoms with Crippen LogP contribution in [0.25, 0.3) is 11.1 Å².